The first-order valence-electron chi connectivity index (χ1n) is 12.6. The van der Waals surface area contributed by atoms with Crippen molar-refractivity contribution in [3.8, 4) is 0 Å². The van der Waals surface area contributed by atoms with Gasteiger partial charge in [0.1, 0.15) is 5.82 Å². The van der Waals surface area contributed by atoms with Crippen LogP contribution in [0.25, 0.3) is 10.1 Å². The van der Waals surface area contributed by atoms with E-state index in [4.69, 9.17) is 9.97 Å². The number of aryl methyl sites for hydroxylation is 1. The van der Waals surface area contributed by atoms with E-state index in [1.165, 1.54) is 34.2 Å². The molecule has 3 aromatic rings. The molecule has 180 valence electrons. The number of benzene rings is 1. The van der Waals surface area contributed by atoms with Crippen LogP contribution < -0.4 is 15.5 Å². The molecule has 0 bridgehead atoms. The number of thiophene rings is 1. The number of nitrogens with one attached hydrogen (secondary N) is 2. The second kappa shape index (κ2) is 10.3. The summed E-state index contributed by atoms with van der Waals surface area (Å²) >= 11 is 1.71. The molecule has 1 saturated carbocycles. The third-order valence-corrected chi connectivity index (χ3v) is 8.28. The summed E-state index contributed by atoms with van der Waals surface area (Å²) in [6, 6.07) is 8.72. The van der Waals surface area contributed by atoms with Gasteiger partial charge in [-0.15, -0.1) is 11.3 Å². The average Bonchev–Trinajstić information content (AvgIpc) is 3.26. The Labute approximate surface area is 206 Å². The second-order valence-electron chi connectivity index (χ2n) is 10.00. The number of hydrogen-bond acceptors (Lipinski definition) is 6. The molecule has 0 saturated heterocycles. The molecular formula is C27H35N5OS. The van der Waals surface area contributed by atoms with E-state index in [0.717, 1.165) is 62.4 Å². The summed E-state index contributed by atoms with van der Waals surface area (Å²) in [5.74, 6) is 2.52. The van der Waals surface area contributed by atoms with Gasteiger partial charge in [0.15, 0.2) is 0 Å². The van der Waals surface area contributed by atoms with Crippen LogP contribution >= 0.6 is 11.3 Å². The van der Waals surface area contributed by atoms with Gasteiger partial charge >= 0.3 is 0 Å². The lowest BCUT2D eigenvalue weighted by atomic mass is 9.86. The topological polar surface area (TPSA) is 70.2 Å². The largest absolute Gasteiger partial charge is 0.362 e. The highest BCUT2D eigenvalue weighted by Gasteiger charge is 2.24. The molecule has 0 atom stereocenters. The fourth-order valence-corrected chi connectivity index (χ4v) is 6.33. The van der Waals surface area contributed by atoms with Crippen LogP contribution in [0.15, 0.2) is 29.6 Å². The molecule has 2 aliphatic rings. The van der Waals surface area contributed by atoms with Crippen LogP contribution in [0, 0.1) is 5.92 Å². The summed E-state index contributed by atoms with van der Waals surface area (Å²) < 4.78 is 1.25. The van der Waals surface area contributed by atoms with Crippen molar-refractivity contribution in [2.45, 2.75) is 63.8 Å². The maximum atomic E-state index is 12.6. The minimum absolute atomic E-state index is 0.127. The lowest BCUT2D eigenvalue weighted by Crippen LogP contribution is -2.35. The summed E-state index contributed by atoms with van der Waals surface area (Å²) in [7, 11) is 4.14. The molecule has 1 amide bonds. The summed E-state index contributed by atoms with van der Waals surface area (Å²) in [6.45, 7) is 0.772. The van der Waals surface area contributed by atoms with Crippen molar-refractivity contribution in [1.82, 2.24) is 15.3 Å². The van der Waals surface area contributed by atoms with Crippen LogP contribution in [0.5, 0.6) is 0 Å². The second-order valence-corrected chi connectivity index (χ2v) is 10.9. The molecule has 1 fully saturated rings. The average molecular weight is 478 g/mol. The van der Waals surface area contributed by atoms with Crippen molar-refractivity contribution in [3.05, 3.63) is 46.5 Å². The SMILES string of the molecule is CN(C)c1nc(N[C@H]2CC[C@@H](CNC(=O)Cc3csc4ccccc34)CC2)nc2c1CCCC2. The fourth-order valence-electron chi connectivity index (χ4n) is 5.37. The van der Waals surface area contributed by atoms with E-state index in [1.54, 1.807) is 11.3 Å². The normalized spacial score (nSPS) is 20.1. The highest BCUT2D eigenvalue weighted by Crippen LogP contribution is 2.30. The Morgan fingerprint density at radius 2 is 1.88 bits per heavy atom. The molecule has 0 aliphatic heterocycles. The van der Waals surface area contributed by atoms with E-state index in [-0.39, 0.29) is 5.91 Å². The van der Waals surface area contributed by atoms with Gasteiger partial charge in [-0.1, -0.05) is 18.2 Å². The Morgan fingerprint density at radius 3 is 2.71 bits per heavy atom. The summed E-state index contributed by atoms with van der Waals surface area (Å²) in [4.78, 5) is 24.4. The van der Waals surface area contributed by atoms with Crippen molar-refractivity contribution in [1.29, 1.82) is 0 Å². The maximum Gasteiger partial charge on any atom is 0.225 e. The van der Waals surface area contributed by atoms with Gasteiger partial charge in [0.2, 0.25) is 11.9 Å². The fraction of sp³-hybridized carbons (Fsp3) is 0.519. The van der Waals surface area contributed by atoms with Gasteiger partial charge in [0.05, 0.1) is 12.1 Å². The minimum atomic E-state index is 0.127. The van der Waals surface area contributed by atoms with Crippen molar-refractivity contribution in [2.24, 2.45) is 5.92 Å². The van der Waals surface area contributed by atoms with Gasteiger partial charge in [-0.05, 0) is 79.7 Å². The number of rotatable bonds is 7. The summed E-state index contributed by atoms with van der Waals surface area (Å²) in [6.07, 6.45) is 9.47. The number of anilines is 2. The van der Waals surface area contributed by atoms with E-state index in [2.05, 4.69) is 47.1 Å². The van der Waals surface area contributed by atoms with E-state index in [0.29, 0.717) is 18.4 Å². The van der Waals surface area contributed by atoms with Gasteiger partial charge in [-0.2, -0.15) is 4.98 Å². The molecule has 0 spiro atoms. The Balaban J connectivity index is 1.11. The number of carbonyl (C=O) groups is 1. The monoisotopic (exact) mass is 477 g/mol. The number of amides is 1. The van der Waals surface area contributed by atoms with Gasteiger partial charge in [0.25, 0.3) is 0 Å². The van der Waals surface area contributed by atoms with Crippen molar-refractivity contribution < 1.29 is 4.79 Å². The Morgan fingerprint density at radius 1 is 1.09 bits per heavy atom. The number of fused-ring (bicyclic) bond motifs is 2. The number of carbonyl (C=O) groups excluding carboxylic acids is 1. The van der Waals surface area contributed by atoms with Crippen molar-refractivity contribution in [2.75, 3.05) is 30.9 Å². The Hall–Kier alpha value is -2.67. The van der Waals surface area contributed by atoms with Gasteiger partial charge in [-0.25, -0.2) is 4.98 Å². The highest BCUT2D eigenvalue weighted by atomic mass is 32.1. The minimum Gasteiger partial charge on any atom is -0.362 e. The van der Waals surface area contributed by atoms with Gasteiger partial charge in [-0.3, -0.25) is 4.79 Å². The molecule has 6 nitrogen and oxygen atoms in total. The van der Waals surface area contributed by atoms with Crippen LogP contribution in [-0.4, -0.2) is 42.6 Å². The van der Waals surface area contributed by atoms with E-state index in [9.17, 15) is 4.79 Å². The molecule has 2 aromatic heterocycles. The Bertz CT molecular complexity index is 1150. The zero-order chi connectivity index (χ0) is 23.5. The van der Waals surface area contributed by atoms with Crippen LogP contribution in [0.2, 0.25) is 0 Å². The third-order valence-electron chi connectivity index (χ3n) is 7.26. The molecule has 5 rings (SSSR count). The van der Waals surface area contributed by atoms with E-state index < -0.39 is 0 Å². The molecule has 2 N–H and O–H groups in total. The zero-order valence-corrected chi connectivity index (χ0v) is 21.1. The zero-order valence-electron chi connectivity index (χ0n) is 20.3. The summed E-state index contributed by atoms with van der Waals surface area (Å²) in [5.41, 5.74) is 3.69. The smallest absolute Gasteiger partial charge is 0.225 e. The molecule has 1 aromatic carbocycles. The Kier molecular flexibility index (Phi) is 6.99. The van der Waals surface area contributed by atoms with Gasteiger partial charge in [0, 0.05) is 36.9 Å². The van der Waals surface area contributed by atoms with Crippen molar-refractivity contribution >= 4 is 39.1 Å². The van der Waals surface area contributed by atoms with Gasteiger partial charge < -0.3 is 15.5 Å². The van der Waals surface area contributed by atoms with Crippen molar-refractivity contribution in [3.63, 3.8) is 0 Å². The molecule has 0 radical (unpaired) electrons. The quantitative estimate of drug-likeness (QED) is 0.503. The third kappa shape index (κ3) is 5.19. The lowest BCUT2D eigenvalue weighted by molar-refractivity contribution is -0.120. The lowest BCUT2D eigenvalue weighted by Gasteiger charge is -2.30. The predicted molar refractivity (Wildman–Crippen MR) is 141 cm³/mol. The first-order valence-corrected chi connectivity index (χ1v) is 13.5. The number of nitrogens with zero attached hydrogens (tertiary/aromatic N) is 3. The molecule has 2 aliphatic carbocycles. The first-order chi connectivity index (χ1) is 16.6. The summed E-state index contributed by atoms with van der Waals surface area (Å²) in [5, 5.41) is 10.1. The molecule has 0 unspecified atom stereocenters. The predicted octanol–water partition coefficient (Wildman–Crippen LogP) is 4.97. The van der Waals surface area contributed by atoms with Crippen LogP contribution in [0.4, 0.5) is 11.8 Å². The molecule has 7 heteroatoms. The van der Waals surface area contributed by atoms with E-state index in [1.807, 2.05) is 12.1 Å². The number of hydrogen-bond donors (Lipinski definition) is 2. The first kappa shape index (κ1) is 23.1. The molecular weight excluding hydrogens is 442 g/mol. The van der Waals surface area contributed by atoms with Crippen LogP contribution in [0.1, 0.15) is 55.3 Å². The van der Waals surface area contributed by atoms with E-state index >= 15 is 0 Å². The molecule has 34 heavy (non-hydrogen) atoms. The standard InChI is InChI=1S/C27H35N5OS/c1-32(2)26-22-8-3-5-9-23(22)30-27(31-26)29-20-13-11-18(12-14-20)16-28-25(33)15-19-17-34-24-10-6-4-7-21(19)24/h4,6-7,10,17-18,20H,3,5,8-9,11-16H2,1-2H3,(H,28,33)(H,29,30,31)/t18-,20+. The number of aromatic nitrogens is 2. The van der Waals surface area contributed by atoms with Crippen LogP contribution in [-0.2, 0) is 24.1 Å². The molecule has 2 heterocycles. The highest BCUT2D eigenvalue weighted by molar-refractivity contribution is 7.17. The van der Waals surface area contributed by atoms with Crippen LogP contribution in [0.3, 0.4) is 0 Å². The maximum absolute atomic E-state index is 12.6.